The number of rotatable bonds is 4. The van der Waals surface area contributed by atoms with E-state index in [4.69, 9.17) is 9.72 Å². The van der Waals surface area contributed by atoms with Gasteiger partial charge in [0, 0.05) is 15.4 Å². The minimum atomic E-state index is -0.101. The van der Waals surface area contributed by atoms with E-state index >= 15 is 0 Å². The van der Waals surface area contributed by atoms with E-state index in [9.17, 15) is 4.79 Å². The summed E-state index contributed by atoms with van der Waals surface area (Å²) < 4.78 is 6.71. The summed E-state index contributed by atoms with van der Waals surface area (Å²) in [5.74, 6) is 0.749. The standard InChI is InChI=1S/C20H16BrNO2S/c21-15-7-9-17-18(10-15)24-11-14(19(17)23)6-8-16-12-25-20(22-16)13-4-2-1-3-5-13/h1-5,7,9-10,12,14H,6,8,11H2. The number of hydrogen-bond acceptors (Lipinski definition) is 4. The maximum atomic E-state index is 12.7. The predicted octanol–water partition coefficient (Wildman–Crippen LogP) is 5.40. The van der Waals surface area contributed by atoms with Crippen LogP contribution in [-0.4, -0.2) is 17.4 Å². The minimum absolute atomic E-state index is 0.101. The normalized spacial score (nSPS) is 16.4. The molecule has 0 saturated carbocycles. The number of halogens is 1. The fourth-order valence-electron chi connectivity index (χ4n) is 2.98. The SMILES string of the molecule is O=C1c2ccc(Br)cc2OCC1CCc1csc(-c2ccccc2)n1. The number of aromatic nitrogens is 1. The summed E-state index contributed by atoms with van der Waals surface area (Å²) in [6.07, 6.45) is 1.54. The van der Waals surface area contributed by atoms with Crippen LogP contribution in [0.1, 0.15) is 22.5 Å². The number of hydrogen-bond donors (Lipinski definition) is 0. The van der Waals surface area contributed by atoms with Crippen molar-refractivity contribution in [3.05, 3.63) is 69.6 Å². The van der Waals surface area contributed by atoms with Crippen LogP contribution in [0.3, 0.4) is 0 Å². The Morgan fingerprint density at radius 2 is 2.04 bits per heavy atom. The molecular weight excluding hydrogens is 398 g/mol. The number of thiazole rings is 1. The first-order chi connectivity index (χ1) is 12.2. The van der Waals surface area contributed by atoms with Gasteiger partial charge in [-0.3, -0.25) is 4.79 Å². The third-order valence-electron chi connectivity index (χ3n) is 4.34. The molecule has 0 bridgehead atoms. The Balaban J connectivity index is 1.43. The van der Waals surface area contributed by atoms with Gasteiger partial charge in [0.05, 0.1) is 23.8 Å². The number of benzene rings is 2. The predicted molar refractivity (Wildman–Crippen MR) is 103 cm³/mol. The molecule has 0 aliphatic carbocycles. The van der Waals surface area contributed by atoms with Crippen molar-refractivity contribution >= 4 is 33.0 Å². The molecule has 0 radical (unpaired) electrons. The quantitative estimate of drug-likeness (QED) is 0.574. The molecule has 3 nitrogen and oxygen atoms in total. The molecule has 0 amide bonds. The number of aryl methyl sites for hydroxylation is 1. The van der Waals surface area contributed by atoms with Gasteiger partial charge in [-0.1, -0.05) is 46.3 Å². The molecule has 25 heavy (non-hydrogen) atoms. The molecule has 0 N–H and O–H groups in total. The number of ketones is 1. The first-order valence-corrected chi connectivity index (χ1v) is 9.84. The van der Waals surface area contributed by atoms with E-state index in [1.54, 1.807) is 11.3 Å². The van der Waals surface area contributed by atoms with Gasteiger partial charge in [-0.05, 0) is 31.0 Å². The van der Waals surface area contributed by atoms with Crippen molar-refractivity contribution in [1.29, 1.82) is 0 Å². The van der Waals surface area contributed by atoms with Crippen molar-refractivity contribution in [2.75, 3.05) is 6.61 Å². The maximum absolute atomic E-state index is 12.7. The van der Waals surface area contributed by atoms with Gasteiger partial charge in [0.2, 0.25) is 0 Å². The van der Waals surface area contributed by atoms with E-state index < -0.39 is 0 Å². The summed E-state index contributed by atoms with van der Waals surface area (Å²) in [6.45, 7) is 0.442. The molecule has 1 atom stereocenters. The fraction of sp³-hybridized carbons (Fsp3) is 0.200. The average Bonchev–Trinajstić information content (AvgIpc) is 3.11. The Bertz CT molecular complexity index is 907. The number of ether oxygens (including phenoxy) is 1. The lowest BCUT2D eigenvalue weighted by Crippen LogP contribution is -2.28. The number of carbonyl (C=O) groups excluding carboxylic acids is 1. The Labute approximate surface area is 158 Å². The van der Waals surface area contributed by atoms with E-state index in [0.29, 0.717) is 17.9 Å². The number of Topliss-reactive ketones (excluding diaryl/α,β-unsaturated/α-hetero) is 1. The molecule has 1 aromatic heterocycles. The van der Waals surface area contributed by atoms with Crippen LogP contribution in [0.25, 0.3) is 10.6 Å². The van der Waals surface area contributed by atoms with E-state index in [2.05, 4.69) is 33.4 Å². The van der Waals surface area contributed by atoms with Gasteiger partial charge in [0.1, 0.15) is 10.8 Å². The molecule has 1 unspecified atom stereocenters. The van der Waals surface area contributed by atoms with E-state index in [0.717, 1.165) is 33.6 Å². The van der Waals surface area contributed by atoms with Gasteiger partial charge in [0.25, 0.3) is 0 Å². The van der Waals surface area contributed by atoms with Gasteiger partial charge in [0.15, 0.2) is 5.78 Å². The lowest BCUT2D eigenvalue weighted by Gasteiger charge is -2.24. The Morgan fingerprint density at radius 1 is 1.20 bits per heavy atom. The van der Waals surface area contributed by atoms with E-state index in [-0.39, 0.29) is 11.7 Å². The largest absolute Gasteiger partial charge is 0.492 e. The van der Waals surface area contributed by atoms with Gasteiger partial charge >= 0.3 is 0 Å². The summed E-state index contributed by atoms with van der Waals surface area (Å²) in [5, 5.41) is 3.11. The lowest BCUT2D eigenvalue weighted by molar-refractivity contribution is 0.0821. The van der Waals surface area contributed by atoms with Gasteiger partial charge in [-0.15, -0.1) is 11.3 Å². The summed E-state index contributed by atoms with van der Waals surface area (Å²) in [6, 6.07) is 15.7. The second-order valence-corrected chi connectivity index (χ2v) is 7.84. The summed E-state index contributed by atoms with van der Waals surface area (Å²) in [7, 11) is 0. The molecule has 2 heterocycles. The summed E-state index contributed by atoms with van der Waals surface area (Å²) in [5.41, 5.74) is 2.86. The molecule has 0 spiro atoms. The fourth-order valence-corrected chi connectivity index (χ4v) is 4.18. The van der Waals surface area contributed by atoms with Crippen LogP contribution in [0.5, 0.6) is 5.75 Å². The molecule has 4 rings (SSSR count). The smallest absolute Gasteiger partial charge is 0.173 e. The van der Waals surface area contributed by atoms with Crippen LogP contribution in [0.4, 0.5) is 0 Å². The molecular formula is C20H16BrNO2S. The second-order valence-electron chi connectivity index (χ2n) is 6.06. The molecule has 1 aliphatic heterocycles. The van der Waals surface area contributed by atoms with Crippen LogP contribution in [0.15, 0.2) is 58.4 Å². The van der Waals surface area contributed by atoms with Crippen molar-refractivity contribution in [3.8, 4) is 16.3 Å². The Hall–Kier alpha value is -1.98. The molecule has 126 valence electrons. The van der Waals surface area contributed by atoms with Crippen LogP contribution in [0.2, 0.25) is 0 Å². The summed E-state index contributed by atoms with van der Waals surface area (Å²) >= 11 is 5.06. The maximum Gasteiger partial charge on any atom is 0.173 e. The van der Waals surface area contributed by atoms with Crippen LogP contribution < -0.4 is 4.74 Å². The van der Waals surface area contributed by atoms with Crippen LogP contribution in [0, 0.1) is 5.92 Å². The molecule has 1 aliphatic rings. The molecule has 0 saturated heterocycles. The van der Waals surface area contributed by atoms with E-state index in [1.165, 1.54) is 0 Å². The molecule has 3 aromatic rings. The lowest BCUT2D eigenvalue weighted by atomic mass is 9.91. The highest BCUT2D eigenvalue weighted by atomic mass is 79.9. The Morgan fingerprint density at radius 3 is 2.88 bits per heavy atom. The highest BCUT2D eigenvalue weighted by molar-refractivity contribution is 9.10. The van der Waals surface area contributed by atoms with Crippen molar-refractivity contribution in [2.45, 2.75) is 12.8 Å². The zero-order valence-corrected chi connectivity index (χ0v) is 15.8. The van der Waals surface area contributed by atoms with Crippen molar-refractivity contribution in [3.63, 3.8) is 0 Å². The summed E-state index contributed by atoms with van der Waals surface area (Å²) in [4.78, 5) is 17.4. The monoisotopic (exact) mass is 413 g/mol. The first-order valence-electron chi connectivity index (χ1n) is 8.17. The van der Waals surface area contributed by atoms with Crippen molar-refractivity contribution in [1.82, 2.24) is 4.98 Å². The van der Waals surface area contributed by atoms with Crippen molar-refractivity contribution < 1.29 is 9.53 Å². The van der Waals surface area contributed by atoms with Gasteiger partial charge < -0.3 is 4.74 Å². The topological polar surface area (TPSA) is 39.2 Å². The van der Waals surface area contributed by atoms with Gasteiger partial charge in [-0.25, -0.2) is 4.98 Å². The third kappa shape index (κ3) is 3.53. The zero-order valence-electron chi connectivity index (χ0n) is 13.4. The second kappa shape index (κ2) is 7.10. The van der Waals surface area contributed by atoms with Crippen LogP contribution in [-0.2, 0) is 6.42 Å². The van der Waals surface area contributed by atoms with Crippen molar-refractivity contribution in [2.24, 2.45) is 5.92 Å². The number of nitrogens with zero attached hydrogens (tertiary/aromatic N) is 1. The zero-order chi connectivity index (χ0) is 17.2. The van der Waals surface area contributed by atoms with E-state index in [1.807, 2.05) is 36.4 Å². The van der Waals surface area contributed by atoms with Gasteiger partial charge in [-0.2, -0.15) is 0 Å². The molecule has 0 fully saturated rings. The molecule has 5 heteroatoms. The molecule has 2 aromatic carbocycles. The number of carbonyl (C=O) groups is 1. The van der Waals surface area contributed by atoms with Crippen LogP contribution >= 0.6 is 27.3 Å². The highest BCUT2D eigenvalue weighted by Crippen LogP contribution is 2.32. The first kappa shape index (κ1) is 16.5. The highest BCUT2D eigenvalue weighted by Gasteiger charge is 2.28. The third-order valence-corrected chi connectivity index (χ3v) is 5.77. The number of fused-ring (bicyclic) bond motifs is 1. The minimum Gasteiger partial charge on any atom is -0.492 e. The Kier molecular flexibility index (Phi) is 4.68. The average molecular weight is 414 g/mol.